The molecule has 1 aromatic heterocycles. The Morgan fingerprint density at radius 1 is 0.867 bits per heavy atom. The molecule has 8 rings (SSSR count). The molecular weight excluding hydrogens is 764 g/mol. The van der Waals surface area contributed by atoms with Crippen LogP contribution in [-0.4, -0.2) is 108 Å². The average Bonchev–Trinajstić information content (AvgIpc) is 3.39. The van der Waals surface area contributed by atoms with Crippen molar-refractivity contribution in [1.29, 1.82) is 0 Å². The van der Waals surface area contributed by atoms with Crippen molar-refractivity contribution in [3.05, 3.63) is 89.7 Å². The van der Waals surface area contributed by atoms with Gasteiger partial charge in [-0.3, -0.25) is 24.6 Å². The summed E-state index contributed by atoms with van der Waals surface area (Å²) in [4.78, 5) is 45.6. The van der Waals surface area contributed by atoms with Crippen LogP contribution in [0.1, 0.15) is 68.9 Å². The van der Waals surface area contributed by atoms with E-state index >= 15 is 4.39 Å². The first-order valence-corrected chi connectivity index (χ1v) is 21.3. The Balaban J connectivity index is 0.811. The fraction of sp³-hybridized carbons (Fsp3) is 0.457. The number of nitrogens with two attached hydrogens (primary N) is 1. The van der Waals surface area contributed by atoms with Gasteiger partial charge in [-0.15, -0.1) is 10.2 Å². The number of anilines is 3. The Morgan fingerprint density at radius 3 is 2.40 bits per heavy atom. The van der Waals surface area contributed by atoms with Gasteiger partial charge in [0.15, 0.2) is 5.82 Å². The largest absolute Gasteiger partial charge is 0.507 e. The van der Waals surface area contributed by atoms with Crippen LogP contribution in [0.15, 0.2) is 72.8 Å². The van der Waals surface area contributed by atoms with Gasteiger partial charge in [0.1, 0.15) is 23.4 Å². The van der Waals surface area contributed by atoms with E-state index in [0.29, 0.717) is 98.3 Å². The number of likely N-dealkylation sites (tertiary alicyclic amines) is 1. The first-order chi connectivity index (χ1) is 29.0. The molecule has 0 radical (unpaired) electrons. The van der Waals surface area contributed by atoms with Crippen molar-refractivity contribution in [1.82, 2.24) is 25.3 Å². The van der Waals surface area contributed by atoms with E-state index in [4.69, 9.17) is 10.5 Å². The number of rotatable bonds is 9. The SMILES string of the molecule is C[C@H]1CC(c2cccc(OC3CCN(C(=O)CN4CCN(c5ccc([C@H]6CCC(=O)NC6=O)cc5F)CC4)CC3)c2)[C@@H](C)CN(c2cc(-c3ccccc3O)nnc2N)C1. The monoisotopic (exact) mass is 818 g/mol. The molecule has 4 aliphatic heterocycles. The summed E-state index contributed by atoms with van der Waals surface area (Å²) in [5.41, 5.74) is 10.8. The van der Waals surface area contributed by atoms with Crippen LogP contribution >= 0.6 is 0 Å². The molecule has 60 heavy (non-hydrogen) atoms. The maximum absolute atomic E-state index is 15.3. The number of piperazine rings is 1. The maximum Gasteiger partial charge on any atom is 0.236 e. The third-order valence-electron chi connectivity index (χ3n) is 12.8. The number of piperidine rings is 2. The second kappa shape index (κ2) is 17.8. The Bertz CT molecular complexity index is 2210. The number of ether oxygens (including phenoxy) is 1. The molecule has 4 aliphatic rings. The fourth-order valence-corrected chi connectivity index (χ4v) is 9.47. The van der Waals surface area contributed by atoms with Gasteiger partial charge in [0, 0.05) is 77.2 Å². The normalized spacial score (nSPS) is 23.3. The molecule has 3 aromatic carbocycles. The van der Waals surface area contributed by atoms with Crippen LogP contribution in [0.25, 0.3) is 11.3 Å². The number of carbonyl (C=O) groups is 3. The third kappa shape index (κ3) is 9.18. The molecule has 0 aliphatic carbocycles. The highest BCUT2D eigenvalue weighted by Crippen LogP contribution is 2.40. The predicted molar refractivity (Wildman–Crippen MR) is 228 cm³/mol. The summed E-state index contributed by atoms with van der Waals surface area (Å²) in [6, 6.07) is 22.5. The average molecular weight is 819 g/mol. The zero-order valence-corrected chi connectivity index (χ0v) is 34.4. The van der Waals surface area contributed by atoms with Crippen LogP contribution in [-0.2, 0) is 14.4 Å². The summed E-state index contributed by atoms with van der Waals surface area (Å²) < 4.78 is 21.8. The van der Waals surface area contributed by atoms with E-state index in [2.05, 4.69) is 57.4 Å². The molecule has 1 unspecified atom stereocenters. The fourth-order valence-electron chi connectivity index (χ4n) is 9.47. The van der Waals surface area contributed by atoms with Crippen LogP contribution in [0.2, 0.25) is 0 Å². The molecule has 4 N–H and O–H groups in total. The van der Waals surface area contributed by atoms with Gasteiger partial charge in [-0.25, -0.2) is 4.39 Å². The van der Waals surface area contributed by atoms with Crippen LogP contribution in [0, 0.1) is 17.7 Å². The maximum atomic E-state index is 15.3. The lowest BCUT2D eigenvalue weighted by molar-refractivity contribution is -0.135. The summed E-state index contributed by atoms with van der Waals surface area (Å²) in [6.45, 7) is 10.2. The lowest BCUT2D eigenvalue weighted by Gasteiger charge is -2.38. The number of nitrogens with one attached hydrogen (secondary N) is 1. The number of benzene rings is 3. The molecule has 14 heteroatoms. The van der Waals surface area contributed by atoms with E-state index in [0.717, 1.165) is 43.8 Å². The van der Waals surface area contributed by atoms with Gasteiger partial charge >= 0.3 is 0 Å². The summed E-state index contributed by atoms with van der Waals surface area (Å²) in [7, 11) is 0. The van der Waals surface area contributed by atoms with Crippen molar-refractivity contribution >= 4 is 34.9 Å². The van der Waals surface area contributed by atoms with Gasteiger partial charge in [-0.1, -0.05) is 44.2 Å². The second-order valence-corrected chi connectivity index (χ2v) is 17.1. The number of phenolic OH excluding ortho intramolecular Hbond substituents is 1. The Hall–Kier alpha value is -5.76. The van der Waals surface area contributed by atoms with Gasteiger partial charge in [0.2, 0.25) is 17.7 Å². The van der Waals surface area contributed by atoms with E-state index in [9.17, 15) is 19.5 Å². The van der Waals surface area contributed by atoms with Crippen molar-refractivity contribution in [3.8, 4) is 22.8 Å². The zero-order chi connectivity index (χ0) is 41.9. The van der Waals surface area contributed by atoms with Crippen LogP contribution in [0.3, 0.4) is 0 Å². The van der Waals surface area contributed by atoms with Gasteiger partial charge in [0.05, 0.1) is 29.5 Å². The molecule has 5 heterocycles. The first-order valence-electron chi connectivity index (χ1n) is 21.3. The van der Waals surface area contributed by atoms with E-state index in [1.54, 1.807) is 24.3 Å². The summed E-state index contributed by atoms with van der Waals surface area (Å²) in [5.74, 6) is 0.910. The van der Waals surface area contributed by atoms with Crippen LogP contribution in [0.5, 0.6) is 11.5 Å². The number of aromatic hydroxyl groups is 1. The number of imide groups is 1. The lowest BCUT2D eigenvalue weighted by Crippen LogP contribution is -2.51. The minimum Gasteiger partial charge on any atom is -0.507 e. The zero-order valence-electron chi connectivity index (χ0n) is 34.4. The highest BCUT2D eigenvalue weighted by Gasteiger charge is 2.33. The van der Waals surface area contributed by atoms with Gasteiger partial charge in [-0.2, -0.15) is 0 Å². The van der Waals surface area contributed by atoms with Crippen LogP contribution in [0.4, 0.5) is 21.6 Å². The summed E-state index contributed by atoms with van der Waals surface area (Å²) in [5, 5.41) is 21.4. The van der Waals surface area contributed by atoms with E-state index in [1.807, 2.05) is 34.1 Å². The Morgan fingerprint density at radius 2 is 1.65 bits per heavy atom. The second-order valence-electron chi connectivity index (χ2n) is 17.1. The molecule has 4 fully saturated rings. The molecule has 0 spiro atoms. The quantitative estimate of drug-likeness (QED) is 0.182. The van der Waals surface area contributed by atoms with Crippen molar-refractivity contribution in [2.45, 2.75) is 63.9 Å². The molecule has 4 aromatic rings. The van der Waals surface area contributed by atoms with Crippen LogP contribution < -0.4 is 25.6 Å². The number of carbonyl (C=O) groups excluding carboxylic acids is 3. The molecule has 3 amide bonds. The number of phenols is 1. The Kier molecular flexibility index (Phi) is 12.2. The van der Waals surface area contributed by atoms with E-state index in [-0.39, 0.29) is 41.8 Å². The molecule has 4 atom stereocenters. The highest BCUT2D eigenvalue weighted by molar-refractivity contribution is 6.01. The minimum absolute atomic E-state index is 0.0190. The molecule has 0 saturated carbocycles. The molecule has 316 valence electrons. The minimum atomic E-state index is -0.526. The molecule has 13 nitrogen and oxygen atoms in total. The predicted octanol–water partition coefficient (Wildman–Crippen LogP) is 5.55. The number of hydrogen-bond acceptors (Lipinski definition) is 11. The summed E-state index contributed by atoms with van der Waals surface area (Å²) >= 11 is 0. The van der Waals surface area contributed by atoms with Gasteiger partial charge in [0.25, 0.3) is 0 Å². The first kappa shape index (κ1) is 41.0. The molecule has 0 bridgehead atoms. The highest BCUT2D eigenvalue weighted by atomic mass is 19.1. The molecular formula is C46H55FN8O5. The lowest BCUT2D eigenvalue weighted by atomic mass is 9.82. The summed E-state index contributed by atoms with van der Waals surface area (Å²) in [6.07, 6.45) is 3.17. The number of amides is 3. The number of nitrogen functional groups attached to an aromatic ring is 1. The van der Waals surface area contributed by atoms with Crippen molar-refractivity contribution in [3.63, 3.8) is 0 Å². The number of halogens is 1. The van der Waals surface area contributed by atoms with E-state index in [1.165, 1.54) is 11.6 Å². The van der Waals surface area contributed by atoms with Gasteiger partial charge in [-0.05, 0) is 84.2 Å². The van der Waals surface area contributed by atoms with Crippen molar-refractivity contribution in [2.24, 2.45) is 11.8 Å². The van der Waals surface area contributed by atoms with E-state index < -0.39 is 5.92 Å². The standard InChI is InChI=1S/C46H55FN8O5/c1-29-22-37(30(2)27-55(26-29)41-25-39(50-51-45(41)48)36-8-3-4-9-42(36)56)31-6-5-7-34(23-31)60-33-14-16-54(17-15-33)44(58)28-52-18-20-53(21-19-52)40-12-10-32(24-38(40)47)35-11-13-43(57)49-46(35)59/h3-10,12,23-25,29-30,33,35,37,56H,11,13-22,26-28H2,1-2H3,(H2,48,51)(H,49,57,59)/t29-,30-,35+,37?/m0/s1. The van der Waals surface area contributed by atoms with Crippen molar-refractivity contribution in [2.75, 3.05) is 74.4 Å². The topological polar surface area (TPSA) is 157 Å². The van der Waals surface area contributed by atoms with Gasteiger partial charge < -0.3 is 30.3 Å². The third-order valence-corrected chi connectivity index (χ3v) is 12.8. The number of aromatic nitrogens is 2. The van der Waals surface area contributed by atoms with Crippen molar-refractivity contribution < 1.29 is 28.6 Å². The number of nitrogens with zero attached hydrogens (tertiary/aromatic N) is 6. The number of hydrogen-bond donors (Lipinski definition) is 3. The molecule has 4 saturated heterocycles. The smallest absolute Gasteiger partial charge is 0.236 e. The Labute approximate surface area is 350 Å². The number of para-hydroxylation sites is 1.